The fourth-order valence-corrected chi connectivity index (χ4v) is 2.25. The van der Waals surface area contributed by atoms with Crippen LogP contribution in [0.2, 0.25) is 0 Å². The number of aliphatic carboxylic acids is 1. The van der Waals surface area contributed by atoms with Crippen LogP contribution in [0.25, 0.3) is 0 Å². The second kappa shape index (κ2) is 4.97. The molecule has 0 saturated carbocycles. The molecule has 1 atom stereocenters. The number of hydrogen-bond donors (Lipinski definition) is 2. The highest BCUT2D eigenvalue weighted by atomic mass is 79.9. The average Bonchev–Trinajstić information content (AvgIpc) is 2.18. The van der Waals surface area contributed by atoms with Crippen LogP contribution >= 0.6 is 15.9 Å². The maximum absolute atomic E-state index is 14.0. The van der Waals surface area contributed by atoms with Crippen molar-refractivity contribution < 1.29 is 14.3 Å². The van der Waals surface area contributed by atoms with Gasteiger partial charge in [-0.1, -0.05) is 22.9 Å². The molecule has 100 valence electrons. The minimum Gasteiger partial charge on any atom is -0.481 e. The van der Waals surface area contributed by atoms with E-state index in [0.717, 1.165) is 0 Å². The summed E-state index contributed by atoms with van der Waals surface area (Å²) < 4.78 is 14.7. The van der Waals surface area contributed by atoms with Crippen molar-refractivity contribution in [2.75, 3.05) is 0 Å². The lowest BCUT2D eigenvalue weighted by atomic mass is 9.66. The summed E-state index contributed by atoms with van der Waals surface area (Å²) in [4.78, 5) is 11.0. The van der Waals surface area contributed by atoms with E-state index < -0.39 is 22.7 Å². The number of benzene rings is 1. The van der Waals surface area contributed by atoms with Gasteiger partial charge in [-0.3, -0.25) is 4.79 Å². The van der Waals surface area contributed by atoms with E-state index >= 15 is 0 Å². The molecule has 3 N–H and O–H groups in total. The molecule has 5 heteroatoms. The molecular weight excluding hydrogens is 301 g/mol. The number of halogens is 2. The van der Waals surface area contributed by atoms with Crippen molar-refractivity contribution >= 4 is 21.9 Å². The normalized spacial score (nSPS) is 15.2. The number of rotatable bonds is 4. The van der Waals surface area contributed by atoms with Crippen molar-refractivity contribution in [2.24, 2.45) is 5.73 Å². The summed E-state index contributed by atoms with van der Waals surface area (Å²) in [5.41, 5.74) is 4.52. The van der Waals surface area contributed by atoms with E-state index in [1.165, 1.54) is 6.07 Å². The first kappa shape index (κ1) is 15.1. The second-order valence-corrected chi connectivity index (χ2v) is 6.16. The molecule has 0 aliphatic rings. The van der Waals surface area contributed by atoms with E-state index in [2.05, 4.69) is 15.9 Å². The molecule has 0 heterocycles. The highest BCUT2D eigenvalue weighted by molar-refractivity contribution is 9.10. The first-order valence-electron chi connectivity index (χ1n) is 5.54. The molecule has 0 fully saturated rings. The Hall–Kier alpha value is -0.940. The molecule has 0 aliphatic heterocycles. The average molecular weight is 318 g/mol. The third kappa shape index (κ3) is 2.90. The minimum absolute atomic E-state index is 0.232. The highest BCUT2D eigenvalue weighted by Crippen LogP contribution is 2.39. The van der Waals surface area contributed by atoms with Crippen LogP contribution in [0.15, 0.2) is 22.7 Å². The van der Waals surface area contributed by atoms with Gasteiger partial charge in [0.2, 0.25) is 0 Å². The predicted molar refractivity (Wildman–Crippen MR) is 72.0 cm³/mol. The quantitative estimate of drug-likeness (QED) is 0.897. The number of carbonyl (C=O) groups is 1. The van der Waals surface area contributed by atoms with Crippen molar-refractivity contribution in [3.05, 3.63) is 34.1 Å². The van der Waals surface area contributed by atoms with Gasteiger partial charge in [0.1, 0.15) is 5.82 Å². The van der Waals surface area contributed by atoms with Gasteiger partial charge >= 0.3 is 5.97 Å². The summed E-state index contributed by atoms with van der Waals surface area (Å²) in [5.74, 6) is -1.45. The molecule has 0 radical (unpaired) electrons. The molecule has 1 rings (SSSR count). The summed E-state index contributed by atoms with van der Waals surface area (Å²) in [6.07, 6.45) is -0.232. The minimum atomic E-state index is -1.00. The monoisotopic (exact) mass is 317 g/mol. The van der Waals surface area contributed by atoms with Crippen LogP contribution in [0.4, 0.5) is 4.39 Å². The second-order valence-electron chi connectivity index (χ2n) is 5.25. The van der Waals surface area contributed by atoms with Crippen LogP contribution in [-0.4, -0.2) is 16.6 Å². The van der Waals surface area contributed by atoms with Gasteiger partial charge in [-0.05, 0) is 37.6 Å². The first-order chi connectivity index (χ1) is 8.08. The molecule has 0 bridgehead atoms. The maximum Gasteiger partial charge on any atom is 0.304 e. The molecular formula is C13H17BrFNO2. The fraction of sp³-hybridized carbons (Fsp3) is 0.462. The van der Waals surface area contributed by atoms with Crippen LogP contribution in [0.3, 0.4) is 0 Å². The largest absolute Gasteiger partial charge is 0.481 e. The first-order valence-corrected chi connectivity index (χ1v) is 6.33. The molecule has 1 aromatic rings. The lowest BCUT2D eigenvalue weighted by Crippen LogP contribution is -2.53. The van der Waals surface area contributed by atoms with E-state index in [1.54, 1.807) is 32.9 Å². The number of hydrogen-bond acceptors (Lipinski definition) is 2. The zero-order valence-electron chi connectivity index (χ0n) is 10.6. The molecule has 0 aliphatic carbocycles. The van der Waals surface area contributed by atoms with Gasteiger partial charge in [-0.25, -0.2) is 4.39 Å². The Morgan fingerprint density at radius 1 is 1.44 bits per heavy atom. The molecule has 3 nitrogen and oxygen atoms in total. The van der Waals surface area contributed by atoms with Crippen LogP contribution in [0.1, 0.15) is 32.8 Å². The van der Waals surface area contributed by atoms with E-state index in [0.29, 0.717) is 10.0 Å². The van der Waals surface area contributed by atoms with Gasteiger partial charge in [0.05, 0.1) is 6.42 Å². The number of nitrogens with two attached hydrogens (primary N) is 1. The third-order valence-corrected chi connectivity index (χ3v) is 3.94. The summed E-state index contributed by atoms with van der Waals surface area (Å²) in [6, 6.07) is 4.47. The van der Waals surface area contributed by atoms with Gasteiger partial charge < -0.3 is 10.8 Å². The summed E-state index contributed by atoms with van der Waals surface area (Å²) in [7, 11) is 0. The summed E-state index contributed by atoms with van der Waals surface area (Å²) in [5, 5.41) is 9.04. The number of carboxylic acids is 1. The topological polar surface area (TPSA) is 63.3 Å². The van der Waals surface area contributed by atoms with Gasteiger partial charge in [0.15, 0.2) is 0 Å². The van der Waals surface area contributed by atoms with E-state index in [1.807, 2.05) is 0 Å². The van der Waals surface area contributed by atoms with E-state index in [9.17, 15) is 9.18 Å². The van der Waals surface area contributed by atoms with Crippen molar-refractivity contribution in [2.45, 2.75) is 38.1 Å². The molecule has 18 heavy (non-hydrogen) atoms. The third-order valence-electron chi connectivity index (χ3n) is 3.45. The van der Waals surface area contributed by atoms with Crippen LogP contribution in [-0.2, 0) is 10.2 Å². The zero-order valence-corrected chi connectivity index (χ0v) is 12.2. The van der Waals surface area contributed by atoms with Crippen molar-refractivity contribution in [1.82, 2.24) is 0 Å². The van der Waals surface area contributed by atoms with E-state index in [4.69, 9.17) is 10.8 Å². The SMILES string of the molecule is CC(C)(N)C(C)(CC(=O)O)c1cc(Br)ccc1F. The highest BCUT2D eigenvalue weighted by Gasteiger charge is 2.43. The molecule has 0 amide bonds. The lowest BCUT2D eigenvalue weighted by molar-refractivity contribution is -0.139. The smallest absolute Gasteiger partial charge is 0.304 e. The van der Waals surface area contributed by atoms with Gasteiger partial charge in [-0.15, -0.1) is 0 Å². The number of carboxylic acid groups (broad SMARTS) is 1. The van der Waals surface area contributed by atoms with Gasteiger partial charge in [0.25, 0.3) is 0 Å². The molecule has 0 aromatic heterocycles. The lowest BCUT2D eigenvalue weighted by Gasteiger charge is -2.41. The van der Waals surface area contributed by atoms with Gasteiger partial charge in [-0.2, -0.15) is 0 Å². The Bertz CT molecular complexity index is 471. The molecule has 0 saturated heterocycles. The molecule has 1 unspecified atom stereocenters. The fourth-order valence-electron chi connectivity index (χ4n) is 1.89. The van der Waals surface area contributed by atoms with Crippen molar-refractivity contribution in [3.63, 3.8) is 0 Å². The Morgan fingerprint density at radius 3 is 2.44 bits per heavy atom. The molecule has 1 aromatic carbocycles. The summed E-state index contributed by atoms with van der Waals surface area (Å²) >= 11 is 3.27. The Kier molecular flexibility index (Phi) is 4.18. The maximum atomic E-state index is 14.0. The Labute approximate surface area is 114 Å². The predicted octanol–water partition coefficient (Wildman–Crippen LogP) is 3.06. The Morgan fingerprint density at radius 2 is 2.00 bits per heavy atom. The van der Waals surface area contributed by atoms with Crippen LogP contribution in [0.5, 0.6) is 0 Å². The van der Waals surface area contributed by atoms with Crippen molar-refractivity contribution in [3.8, 4) is 0 Å². The van der Waals surface area contributed by atoms with Crippen molar-refractivity contribution in [1.29, 1.82) is 0 Å². The van der Waals surface area contributed by atoms with Crippen LogP contribution < -0.4 is 5.73 Å². The zero-order chi connectivity index (χ0) is 14.1. The van der Waals surface area contributed by atoms with Crippen LogP contribution in [0, 0.1) is 5.82 Å². The molecule has 0 spiro atoms. The standard InChI is InChI=1S/C13H17BrFNO2/c1-12(2,16)13(3,7-11(17)18)9-6-8(14)4-5-10(9)15/h4-6H,7,16H2,1-3H3,(H,17,18). The van der Waals surface area contributed by atoms with E-state index in [-0.39, 0.29) is 6.42 Å². The Balaban J connectivity index is 3.43. The van der Waals surface area contributed by atoms with Gasteiger partial charge in [0, 0.05) is 15.4 Å². The summed E-state index contributed by atoms with van der Waals surface area (Å²) in [6.45, 7) is 5.08.